The standard InChI is InChI=1S/C40H74O13/c1-7-11-13-15-17-19-25(23(5)27(41)9-3)29(43)21-31-33(45)35(47)37(49)39(51-31)53-40-38(50)36(48)34(46)32(52-40)22-30(44)26(24(6)28(42)10-4)20-18-16-14-12-8-2/h23-28,31-42,45-50H,7-22H2,1-6H3/t23?,24?,25-,26-,27+,28+,31-,32+,33-,34+,35+,36-,37-,38+,39?,40+/m1/s1. The van der Waals surface area contributed by atoms with Gasteiger partial charge in [0.05, 0.1) is 24.4 Å². The van der Waals surface area contributed by atoms with Gasteiger partial charge in [-0.15, -0.1) is 0 Å². The summed E-state index contributed by atoms with van der Waals surface area (Å²) in [5.41, 5.74) is 0. The van der Waals surface area contributed by atoms with Gasteiger partial charge in [-0.3, -0.25) is 9.59 Å². The number of carbonyl (C=O) groups is 2. The minimum atomic E-state index is -1.85. The highest BCUT2D eigenvalue weighted by Gasteiger charge is 2.51. The van der Waals surface area contributed by atoms with Crippen LogP contribution in [-0.2, 0) is 23.8 Å². The Morgan fingerprint density at radius 1 is 0.528 bits per heavy atom. The summed E-state index contributed by atoms with van der Waals surface area (Å²) in [6, 6.07) is 0. The van der Waals surface area contributed by atoms with E-state index in [9.17, 15) is 50.4 Å². The molecule has 13 heteroatoms. The van der Waals surface area contributed by atoms with Crippen LogP contribution in [0.15, 0.2) is 0 Å². The Hall–Kier alpha value is -1.10. The minimum Gasteiger partial charge on any atom is -0.393 e. The fourth-order valence-corrected chi connectivity index (χ4v) is 7.88. The van der Waals surface area contributed by atoms with Gasteiger partial charge in [0.25, 0.3) is 0 Å². The van der Waals surface area contributed by atoms with Crippen molar-refractivity contribution >= 4 is 11.6 Å². The first-order chi connectivity index (χ1) is 25.1. The molecule has 2 aliphatic rings. The lowest BCUT2D eigenvalue weighted by atomic mass is 9.79. The van der Waals surface area contributed by atoms with Crippen LogP contribution in [0.5, 0.6) is 0 Å². The number of aliphatic hydroxyl groups is 8. The van der Waals surface area contributed by atoms with Gasteiger partial charge in [-0.1, -0.05) is 106 Å². The highest BCUT2D eigenvalue weighted by atomic mass is 16.8. The van der Waals surface area contributed by atoms with Gasteiger partial charge in [-0.25, -0.2) is 0 Å². The Balaban J connectivity index is 2.20. The SMILES string of the molecule is CCCCCCC[C@@H](C(=O)C[C@@H]1O[C@@H](OC2O[C@H](CC(=O)[C@H](CCCCCCC)C(C)[C@@H](O)CC)[C@@H](O)[C@H](O)[C@H]2O)[C@@H](O)[C@H](O)[C@H]1O)C(C)[C@@H](O)CC. The third-order valence-corrected chi connectivity index (χ3v) is 11.8. The van der Waals surface area contributed by atoms with E-state index >= 15 is 0 Å². The molecule has 2 rings (SSSR count). The predicted molar refractivity (Wildman–Crippen MR) is 198 cm³/mol. The minimum absolute atomic E-state index is 0.278. The molecule has 3 unspecified atom stereocenters. The molecular formula is C40H74O13. The van der Waals surface area contributed by atoms with E-state index in [4.69, 9.17) is 14.2 Å². The molecule has 2 saturated heterocycles. The van der Waals surface area contributed by atoms with Crippen LogP contribution >= 0.6 is 0 Å². The van der Waals surface area contributed by atoms with Gasteiger partial charge in [-0.2, -0.15) is 0 Å². The molecule has 16 atom stereocenters. The molecule has 312 valence electrons. The number of Topliss-reactive ketones (excluding diaryl/α,β-unsaturated/α-hetero) is 2. The molecule has 0 bridgehead atoms. The fourth-order valence-electron chi connectivity index (χ4n) is 7.88. The number of hydrogen-bond acceptors (Lipinski definition) is 13. The van der Waals surface area contributed by atoms with E-state index in [0.29, 0.717) is 25.7 Å². The normalized spacial score (nSPS) is 32.8. The quantitative estimate of drug-likeness (QED) is 0.0594. The van der Waals surface area contributed by atoms with Crippen LogP contribution in [0.3, 0.4) is 0 Å². The maximum atomic E-state index is 13.7. The van der Waals surface area contributed by atoms with Crippen molar-refractivity contribution in [1.29, 1.82) is 0 Å². The van der Waals surface area contributed by atoms with E-state index in [2.05, 4.69) is 13.8 Å². The van der Waals surface area contributed by atoms with Crippen LogP contribution in [-0.4, -0.2) is 126 Å². The van der Waals surface area contributed by atoms with Crippen molar-refractivity contribution in [2.24, 2.45) is 23.7 Å². The smallest absolute Gasteiger partial charge is 0.189 e. The summed E-state index contributed by atoms with van der Waals surface area (Å²) in [6.45, 7) is 11.5. The monoisotopic (exact) mass is 763 g/mol. The van der Waals surface area contributed by atoms with Gasteiger partial charge in [0.15, 0.2) is 12.6 Å². The molecule has 53 heavy (non-hydrogen) atoms. The van der Waals surface area contributed by atoms with E-state index in [0.717, 1.165) is 64.2 Å². The topological polar surface area (TPSA) is 224 Å². The summed E-state index contributed by atoms with van der Waals surface area (Å²) in [5.74, 6) is -2.36. The molecule has 2 heterocycles. The van der Waals surface area contributed by atoms with E-state index in [1.165, 1.54) is 0 Å². The first kappa shape index (κ1) is 48.0. The van der Waals surface area contributed by atoms with Gasteiger partial charge in [-0.05, 0) is 37.5 Å². The molecule has 0 aromatic carbocycles. The number of carbonyl (C=O) groups excluding carboxylic acids is 2. The number of ketones is 2. The molecule has 0 aliphatic carbocycles. The van der Waals surface area contributed by atoms with Gasteiger partial charge in [0.1, 0.15) is 48.2 Å². The molecule has 0 saturated carbocycles. The Morgan fingerprint density at radius 2 is 0.868 bits per heavy atom. The van der Waals surface area contributed by atoms with Crippen LogP contribution in [0.25, 0.3) is 0 Å². The predicted octanol–water partition coefficient (Wildman–Crippen LogP) is 3.30. The zero-order chi connectivity index (χ0) is 39.8. The van der Waals surface area contributed by atoms with Crippen LogP contribution < -0.4 is 0 Å². The molecular weight excluding hydrogens is 688 g/mol. The number of aliphatic hydroxyl groups excluding tert-OH is 8. The Kier molecular flexibility index (Phi) is 22.2. The van der Waals surface area contributed by atoms with Crippen LogP contribution in [0.4, 0.5) is 0 Å². The Bertz CT molecular complexity index is 953. The van der Waals surface area contributed by atoms with Crippen molar-refractivity contribution in [2.75, 3.05) is 0 Å². The number of unbranched alkanes of at least 4 members (excludes halogenated alkanes) is 8. The number of ether oxygens (including phenoxy) is 3. The maximum Gasteiger partial charge on any atom is 0.189 e. The van der Waals surface area contributed by atoms with Crippen LogP contribution in [0.2, 0.25) is 0 Å². The Labute approximate surface area is 317 Å². The van der Waals surface area contributed by atoms with Crippen molar-refractivity contribution in [1.82, 2.24) is 0 Å². The molecule has 13 nitrogen and oxygen atoms in total. The van der Waals surface area contributed by atoms with Crippen molar-refractivity contribution < 1.29 is 64.7 Å². The molecule has 0 aromatic rings. The van der Waals surface area contributed by atoms with Gasteiger partial charge in [0.2, 0.25) is 0 Å². The highest BCUT2D eigenvalue weighted by molar-refractivity contribution is 5.82. The van der Waals surface area contributed by atoms with Crippen molar-refractivity contribution in [3.8, 4) is 0 Å². The van der Waals surface area contributed by atoms with Crippen LogP contribution in [0, 0.1) is 23.7 Å². The van der Waals surface area contributed by atoms with Gasteiger partial charge >= 0.3 is 0 Å². The van der Waals surface area contributed by atoms with Crippen molar-refractivity contribution in [2.45, 2.75) is 218 Å². The summed E-state index contributed by atoms with van der Waals surface area (Å²) in [5, 5.41) is 86.2. The van der Waals surface area contributed by atoms with E-state index < -0.39 is 85.5 Å². The van der Waals surface area contributed by atoms with Gasteiger partial charge in [0, 0.05) is 24.7 Å². The summed E-state index contributed by atoms with van der Waals surface area (Å²) in [4.78, 5) is 27.4. The zero-order valence-electron chi connectivity index (χ0n) is 33.2. The molecule has 0 radical (unpaired) electrons. The summed E-state index contributed by atoms with van der Waals surface area (Å²) in [7, 11) is 0. The second-order valence-electron chi connectivity index (χ2n) is 15.8. The van der Waals surface area contributed by atoms with E-state index in [-0.39, 0.29) is 36.2 Å². The second-order valence-corrected chi connectivity index (χ2v) is 15.8. The first-order valence-electron chi connectivity index (χ1n) is 20.6. The average molecular weight is 763 g/mol. The zero-order valence-corrected chi connectivity index (χ0v) is 33.2. The first-order valence-corrected chi connectivity index (χ1v) is 20.6. The van der Waals surface area contributed by atoms with E-state index in [1.807, 2.05) is 27.7 Å². The third-order valence-electron chi connectivity index (χ3n) is 11.8. The average Bonchev–Trinajstić information content (AvgIpc) is 3.14. The number of rotatable bonds is 26. The lowest BCUT2D eigenvalue weighted by Crippen LogP contribution is -2.63. The lowest BCUT2D eigenvalue weighted by Gasteiger charge is -2.45. The Morgan fingerprint density at radius 3 is 1.19 bits per heavy atom. The summed E-state index contributed by atoms with van der Waals surface area (Å²) >= 11 is 0. The van der Waals surface area contributed by atoms with Crippen molar-refractivity contribution in [3.05, 3.63) is 0 Å². The lowest BCUT2D eigenvalue weighted by molar-refractivity contribution is -0.373. The summed E-state index contributed by atoms with van der Waals surface area (Å²) < 4.78 is 17.4. The molecule has 2 aliphatic heterocycles. The molecule has 0 aromatic heterocycles. The molecule has 0 spiro atoms. The van der Waals surface area contributed by atoms with Crippen LogP contribution in [0.1, 0.15) is 144 Å². The number of hydrogen-bond donors (Lipinski definition) is 8. The highest BCUT2D eigenvalue weighted by Crippen LogP contribution is 2.34. The second kappa shape index (κ2) is 24.5. The van der Waals surface area contributed by atoms with E-state index in [1.54, 1.807) is 0 Å². The fraction of sp³-hybridized carbons (Fsp3) is 0.950. The third kappa shape index (κ3) is 14.1. The largest absolute Gasteiger partial charge is 0.393 e. The molecule has 0 amide bonds. The van der Waals surface area contributed by atoms with Gasteiger partial charge < -0.3 is 55.1 Å². The van der Waals surface area contributed by atoms with Crippen molar-refractivity contribution in [3.63, 3.8) is 0 Å². The maximum absolute atomic E-state index is 13.7. The summed E-state index contributed by atoms with van der Waals surface area (Å²) in [6.07, 6.45) is -7.06. The molecule has 8 N–H and O–H groups in total. The molecule has 2 fully saturated rings.